The Balaban J connectivity index is 1.50. The molecule has 9 heteroatoms. The van der Waals surface area contributed by atoms with Crippen LogP contribution in [0.25, 0.3) is 11.5 Å². The fourth-order valence-electron chi connectivity index (χ4n) is 2.81. The van der Waals surface area contributed by atoms with E-state index >= 15 is 0 Å². The van der Waals surface area contributed by atoms with Gasteiger partial charge in [0.2, 0.25) is 5.91 Å². The van der Waals surface area contributed by atoms with Crippen LogP contribution in [0.3, 0.4) is 0 Å². The summed E-state index contributed by atoms with van der Waals surface area (Å²) < 4.78 is 12.6. The number of thioether (sulfide) groups is 1. The number of aromatic nitrogens is 4. The second-order valence-electron chi connectivity index (χ2n) is 6.26. The number of nitrogens with zero attached hydrogens (tertiary/aromatic N) is 4. The number of anilines is 1. The molecule has 0 fully saturated rings. The molecular weight excluding hydrogens is 402 g/mol. The van der Waals surface area contributed by atoms with Gasteiger partial charge in [-0.25, -0.2) is 0 Å². The maximum atomic E-state index is 12.4. The highest BCUT2D eigenvalue weighted by molar-refractivity contribution is 7.99. The van der Waals surface area contributed by atoms with Gasteiger partial charge >= 0.3 is 0 Å². The zero-order valence-electron chi connectivity index (χ0n) is 16.2. The molecule has 30 heavy (non-hydrogen) atoms. The summed E-state index contributed by atoms with van der Waals surface area (Å²) in [6, 6.07) is 16.5. The van der Waals surface area contributed by atoms with E-state index in [9.17, 15) is 4.79 Å². The first kappa shape index (κ1) is 19.7. The molecule has 1 amide bonds. The molecule has 0 aliphatic rings. The zero-order valence-corrected chi connectivity index (χ0v) is 17.0. The van der Waals surface area contributed by atoms with Crippen LogP contribution >= 0.6 is 11.8 Å². The van der Waals surface area contributed by atoms with Crippen molar-refractivity contribution in [2.45, 2.75) is 11.7 Å². The summed E-state index contributed by atoms with van der Waals surface area (Å²) in [5.41, 5.74) is 1.37. The molecule has 0 spiro atoms. The number of hydrogen-bond acceptors (Lipinski definition) is 7. The Morgan fingerprint density at radius 2 is 2.10 bits per heavy atom. The van der Waals surface area contributed by atoms with Crippen molar-refractivity contribution in [1.82, 2.24) is 19.7 Å². The van der Waals surface area contributed by atoms with Gasteiger partial charge in [-0.05, 0) is 36.4 Å². The molecular formula is C21H19N5O3S. The topological polar surface area (TPSA) is 95.1 Å². The van der Waals surface area contributed by atoms with E-state index < -0.39 is 0 Å². The first-order valence-electron chi connectivity index (χ1n) is 9.16. The Morgan fingerprint density at radius 3 is 2.87 bits per heavy atom. The van der Waals surface area contributed by atoms with Crippen LogP contribution in [0.5, 0.6) is 5.75 Å². The average molecular weight is 421 g/mol. The van der Waals surface area contributed by atoms with E-state index in [0.29, 0.717) is 34.7 Å². The quantitative estimate of drug-likeness (QED) is 0.433. The maximum absolute atomic E-state index is 12.4. The molecule has 0 aliphatic carbocycles. The lowest BCUT2D eigenvalue weighted by atomic mass is 10.3. The summed E-state index contributed by atoms with van der Waals surface area (Å²) >= 11 is 1.30. The number of nitrogens with one attached hydrogen (secondary N) is 1. The zero-order chi connectivity index (χ0) is 20.8. The number of pyridine rings is 1. The monoisotopic (exact) mass is 421 g/mol. The number of methoxy groups -OCH3 is 1. The van der Waals surface area contributed by atoms with Crippen LogP contribution in [0.2, 0.25) is 0 Å². The Hall–Kier alpha value is -3.59. The van der Waals surface area contributed by atoms with Gasteiger partial charge in [-0.3, -0.25) is 14.3 Å². The molecule has 8 nitrogen and oxygen atoms in total. The third-order valence-electron chi connectivity index (χ3n) is 4.19. The van der Waals surface area contributed by atoms with E-state index in [4.69, 9.17) is 9.15 Å². The van der Waals surface area contributed by atoms with Gasteiger partial charge in [-0.15, -0.1) is 10.2 Å². The summed E-state index contributed by atoms with van der Waals surface area (Å²) in [5.74, 6) is 2.08. The van der Waals surface area contributed by atoms with E-state index in [1.165, 1.54) is 11.8 Å². The first-order chi connectivity index (χ1) is 14.7. The van der Waals surface area contributed by atoms with E-state index in [0.717, 1.165) is 5.76 Å². The fraction of sp³-hybridized carbons (Fsp3) is 0.143. The normalized spacial score (nSPS) is 10.7. The van der Waals surface area contributed by atoms with Gasteiger partial charge in [-0.2, -0.15) is 0 Å². The van der Waals surface area contributed by atoms with Crippen LogP contribution < -0.4 is 10.1 Å². The highest BCUT2D eigenvalue weighted by Crippen LogP contribution is 2.24. The Kier molecular flexibility index (Phi) is 6.09. The van der Waals surface area contributed by atoms with Crippen LogP contribution in [-0.4, -0.2) is 38.5 Å². The summed E-state index contributed by atoms with van der Waals surface area (Å²) in [5, 5.41) is 12.0. The number of carbonyl (C=O) groups is 1. The standard InChI is InChI=1S/C21H19N5O3S/c1-28-16-7-4-6-15(12-16)23-19(27)14-30-21-25-24-20(18-9-2-3-10-22-18)26(21)13-17-8-5-11-29-17/h2-12H,13-14H2,1H3,(H,23,27). The molecule has 4 aromatic rings. The highest BCUT2D eigenvalue weighted by atomic mass is 32.2. The predicted molar refractivity (Wildman–Crippen MR) is 113 cm³/mol. The minimum absolute atomic E-state index is 0.153. The lowest BCUT2D eigenvalue weighted by molar-refractivity contribution is -0.113. The number of amides is 1. The SMILES string of the molecule is COc1cccc(NC(=O)CSc2nnc(-c3ccccn3)n2Cc2ccco2)c1. The minimum Gasteiger partial charge on any atom is -0.497 e. The van der Waals surface area contributed by atoms with Crippen molar-refractivity contribution in [3.63, 3.8) is 0 Å². The molecule has 0 bridgehead atoms. The van der Waals surface area contributed by atoms with Gasteiger partial charge in [0.25, 0.3) is 0 Å². The van der Waals surface area contributed by atoms with E-state index in [2.05, 4.69) is 20.5 Å². The van der Waals surface area contributed by atoms with Crippen molar-refractivity contribution < 1.29 is 13.9 Å². The Labute approximate surface area is 177 Å². The smallest absolute Gasteiger partial charge is 0.234 e. The molecule has 1 aromatic carbocycles. The molecule has 0 saturated heterocycles. The molecule has 0 saturated carbocycles. The summed E-state index contributed by atoms with van der Waals surface area (Å²) in [6.45, 7) is 0.436. The molecule has 3 aromatic heterocycles. The van der Waals surface area contributed by atoms with Crippen molar-refractivity contribution in [2.24, 2.45) is 0 Å². The fourth-order valence-corrected chi connectivity index (χ4v) is 3.55. The average Bonchev–Trinajstić information content (AvgIpc) is 3.43. The second kappa shape index (κ2) is 9.27. The number of hydrogen-bond donors (Lipinski definition) is 1. The van der Waals surface area contributed by atoms with Gasteiger partial charge in [-0.1, -0.05) is 23.9 Å². The van der Waals surface area contributed by atoms with Crippen LogP contribution in [0.15, 0.2) is 76.6 Å². The van der Waals surface area contributed by atoms with Crippen molar-refractivity contribution in [3.8, 4) is 17.3 Å². The van der Waals surface area contributed by atoms with Crippen molar-refractivity contribution in [1.29, 1.82) is 0 Å². The van der Waals surface area contributed by atoms with E-state index in [1.807, 2.05) is 53.1 Å². The summed E-state index contributed by atoms with van der Waals surface area (Å²) in [4.78, 5) is 16.8. The molecule has 3 heterocycles. The third kappa shape index (κ3) is 4.69. The lowest BCUT2D eigenvalue weighted by Gasteiger charge is -2.09. The third-order valence-corrected chi connectivity index (χ3v) is 5.16. The number of benzene rings is 1. The summed E-state index contributed by atoms with van der Waals surface area (Å²) in [6.07, 6.45) is 3.32. The second-order valence-corrected chi connectivity index (χ2v) is 7.20. The van der Waals surface area contributed by atoms with Crippen LogP contribution in [0.1, 0.15) is 5.76 Å². The number of rotatable bonds is 8. The first-order valence-corrected chi connectivity index (χ1v) is 10.1. The molecule has 4 rings (SSSR count). The number of furan rings is 1. The molecule has 1 N–H and O–H groups in total. The van der Waals surface area contributed by atoms with Gasteiger partial charge in [0.15, 0.2) is 11.0 Å². The summed E-state index contributed by atoms with van der Waals surface area (Å²) in [7, 11) is 1.59. The Morgan fingerprint density at radius 1 is 1.17 bits per heavy atom. The largest absolute Gasteiger partial charge is 0.497 e. The number of carbonyl (C=O) groups excluding carboxylic acids is 1. The van der Waals surface area contributed by atoms with E-state index in [1.54, 1.807) is 25.6 Å². The lowest BCUT2D eigenvalue weighted by Crippen LogP contribution is -2.15. The van der Waals surface area contributed by atoms with Crippen LogP contribution in [-0.2, 0) is 11.3 Å². The van der Waals surface area contributed by atoms with Gasteiger partial charge in [0, 0.05) is 18.0 Å². The highest BCUT2D eigenvalue weighted by Gasteiger charge is 2.17. The molecule has 0 radical (unpaired) electrons. The van der Waals surface area contributed by atoms with Crippen molar-refractivity contribution in [2.75, 3.05) is 18.2 Å². The molecule has 0 atom stereocenters. The van der Waals surface area contributed by atoms with Gasteiger partial charge < -0.3 is 14.5 Å². The van der Waals surface area contributed by atoms with Crippen LogP contribution in [0, 0.1) is 0 Å². The van der Waals surface area contributed by atoms with Crippen LogP contribution in [0.4, 0.5) is 5.69 Å². The Bertz CT molecular complexity index is 1110. The number of ether oxygens (including phenoxy) is 1. The van der Waals surface area contributed by atoms with Crippen molar-refractivity contribution >= 4 is 23.4 Å². The molecule has 0 unspecified atom stereocenters. The van der Waals surface area contributed by atoms with Crippen molar-refractivity contribution in [3.05, 3.63) is 72.8 Å². The molecule has 0 aliphatic heterocycles. The minimum atomic E-state index is -0.153. The van der Waals surface area contributed by atoms with Gasteiger partial charge in [0.05, 0.1) is 25.7 Å². The maximum Gasteiger partial charge on any atom is 0.234 e. The van der Waals surface area contributed by atoms with E-state index in [-0.39, 0.29) is 11.7 Å². The molecule has 152 valence electrons. The van der Waals surface area contributed by atoms with Gasteiger partial charge in [0.1, 0.15) is 17.2 Å². The predicted octanol–water partition coefficient (Wildman–Crippen LogP) is 3.72.